The number of nitrogens with zero attached hydrogens (tertiary/aromatic N) is 2. The van der Waals surface area contributed by atoms with Crippen LogP contribution in [0.15, 0.2) is 16.6 Å². The van der Waals surface area contributed by atoms with Crippen molar-refractivity contribution in [2.24, 2.45) is 0 Å². The highest BCUT2D eigenvalue weighted by Crippen LogP contribution is 2.31. The molecule has 2 rings (SSSR count). The van der Waals surface area contributed by atoms with Gasteiger partial charge in [-0.05, 0) is 47.8 Å². The minimum absolute atomic E-state index is 0.827. The van der Waals surface area contributed by atoms with Crippen LogP contribution in [0.4, 0.5) is 5.82 Å². The van der Waals surface area contributed by atoms with E-state index in [1.807, 2.05) is 0 Å². The summed E-state index contributed by atoms with van der Waals surface area (Å²) in [5.41, 5.74) is 1.09. The molecule has 2 aromatic heterocycles. The van der Waals surface area contributed by atoms with Gasteiger partial charge in [0, 0.05) is 11.4 Å². The van der Waals surface area contributed by atoms with Crippen molar-refractivity contribution in [3.63, 3.8) is 0 Å². The van der Waals surface area contributed by atoms with E-state index >= 15 is 0 Å². The number of hydrogen-bond acceptors (Lipinski definition) is 4. The highest BCUT2D eigenvalue weighted by molar-refractivity contribution is 9.10. The average Bonchev–Trinajstić information content (AvgIpc) is 2.86. The molecule has 0 fully saturated rings. The lowest BCUT2D eigenvalue weighted by molar-refractivity contribution is 0.865. The van der Waals surface area contributed by atoms with Crippen molar-refractivity contribution in [2.45, 2.75) is 40.0 Å². The molecule has 0 bridgehead atoms. The number of halogens is 1. The first-order valence-corrected chi connectivity index (χ1v) is 8.63. The Bertz CT molecular complexity index is 580. The molecule has 2 heterocycles. The summed E-state index contributed by atoms with van der Waals surface area (Å²) in [6.45, 7) is 7.35. The third-order valence-electron chi connectivity index (χ3n) is 2.91. The van der Waals surface area contributed by atoms with Crippen molar-refractivity contribution in [3.8, 4) is 10.7 Å². The summed E-state index contributed by atoms with van der Waals surface area (Å²) in [4.78, 5) is 11.8. The minimum Gasteiger partial charge on any atom is -0.369 e. The maximum absolute atomic E-state index is 4.73. The number of anilines is 1. The van der Waals surface area contributed by atoms with E-state index in [-0.39, 0.29) is 0 Å². The predicted octanol–water partition coefficient (Wildman–Crippen LogP) is 5.05. The maximum Gasteiger partial charge on any atom is 0.171 e. The van der Waals surface area contributed by atoms with Gasteiger partial charge in [-0.15, -0.1) is 11.3 Å². The van der Waals surface area contributed by atoms with Crippen LogP contribution in [-0.2, 0) is 6.42 Å². The summed E-state index contributed by atoms with van der Waals surface area (Å²) in [6, 6.07) is 4.21. The average molecular weight is 354 g/mol. The Morgan fingerprint density at radius 1 is 1.20 bits per heavy atom. The van der Waals surface area contributed by atoms with E-state index in [1.165, 1.54) is 4.88 Å². The molecule has 0 saturated heterocycles. The van der Waals surface area contributed by atoms with Crippen molar-refractivity contribution in [1.82, 2.24) is 9.97 Å². The lowest BCUT2D eigenvalue weighted by atomic mass is 10.2. The van der Waals surface area contributed by atoms with Gasteiger partial charge in [-0.2, -0.15) is 0 Å². The highest BCUT2D eigenvalue weighted by atomic mass is 79.9. The van der Waals surface area contributed by atoms with Crippen molar-refractivity contribution in [3.05, 3.63) is 27.2 Å². The van der Waals surface area contributed by atoms with E-state index in [4.69, 9.17) is 4.98 Å². The second-order valence-corrected chi connectivity index (χ2v) is 6.82. The third-order valence-corrected chi connectivity index (χ3v) is 4.74. The van der Waals surface area contributed by atoms with Gasteiger partial charge in [-0.1, -0.05) is 20.3 Å². The Morgan fingerprint density at radius 3 is 2.60 bits per heavy atom. The molecule has 108 valence electrons. The minimum atomic E-state index is 0.827. The van der Waals surface area contributed by atoms with E-state index in [1.54, 1.807) is 11.3 Å². The van der Waals surface area contributed by atoms with Crippen LogP contribution < -0.4 is 5.32 Å². The molecule has 0 unspecified atom stereocenters. The first kappa shape index (κ1) is 15.4. The highest BCUT2D eigenvalue weighted by Gasteiger charge is 2.13. The van der Waals surface area contributed by atoms with Crippen LogP contribution >= 0.6 is 27.3 Å². The Labute approximate surface area is 133 Å². The van der Waals surface area contributed by atoms with Crippen molar-refractivity contribution >= 4 is 33.1 Å². The normalized spacial score (nSPS) is 10.8. The van der Waals surface area contributed by atoms with Gasteiger partial charge in [-0.25, -0.2) is 9.97 Å². The smallest absolute Gasteiger partial charge is 0.171 e. The molecule has 0 aliphatic rings. The SMILES string of the molecule is CCCNc1nc(-c2ccc(C)s2)nc(CCC)c1Br. The Kier molecular flexibility index (Phi) is 5.54. The van der Waals surface area contributed by atoms with Crippen LogP contribution in [0.1, 0.15) is 37.3 Å². The first-order valence-electron chi connectivity index (χ1n) is 7.02. The van der Waals surface area contributed by atoms with E-state index in [2.05, 4.69) is 59.1 Å². The van der Waals surface area contributed by atoms with E-state index in [0.717, 1.165) is 52.5 Å². The quantitative estimate of drug-likeness (QED) is 0.789. The summed E-state index contributed by atoms with van der Waals surface area (Å²) in [6.07, 6.45) is 3.11. The predicted molar refractivity (Wildman–Crippen MR) is 90.6 cm³/mol. The monoisotopic (exact) mass is 353 g/mol. The zero-order chi connectivity index (χ0) is 14.5. The molecule has 0 aromatic carbocycles. The van der Waals surface area contributed by atoms with Gasteiger partial charge in [0.1, 0.15) is 5.82 Å². The second kappa shape index (κ2) is 7.18. The zero-order valence-electron chi connectivity index (χ0n) is 12.2. The zero-order valence-corrected chi connectivity index (χ0v) is 14.6. The Morgan fingerprint density at radius 2 is 2.00 bits per heavy atom. The molecule has 0 atom stereocenters. The van der Waals surface area contributed by atoms with Crippen LogP contribution in [0.3, 0.4) is 0 Å². The standard InChI is InChI=1S/C15H20BrN3S/c1-4-6-11-13(16)15(17-9-5-2)19-14(18-11)12-8-7-10(3)20-12/h7-8H,4-6,9H2,1-3H3,(H,17,18,19). The number of rotatable bonds is 6. The van der Waals surface area contributed by atoms with Gasteiger partial charge in [0.25, 0.3) is 0 Å². The Hall–Kier alpha value is -0.940. The van der Waals surface area contributed by atoms with Gasteiger partial charge in [-0.3, -0.25) is 0 Å². The van der Waals surface area contributed by atoms with Crippen LogP contribution in [0.5, 0.6) is 0 Å². The Balaban J connectivity index is 2.43. The first-order chi connectivity index (χ1) is 9.65. The maximum atomic E-state index is 4.73. The molecular formula is C15H20BrN3S. The number of nitrogens with one attached hydrogen (secondary N) is 1. The molecule has 20 heavy (non-hydrogen) atoms. The molecule has 0 aliphatic carbocycles. The second-order valence-electron chi connectivity index (χ2n) is 4.74. The van der Waals surface area contributed by atoms with Gasteiger partial charge in [0.2, 0.25) is 0 Å². The van der Waals surface area contributed by atoms with Crippen LogP contribution in [0, 0.1) is 6.92 Å². The van der Waals surface area contributed by atoms with Crippen molar-refractivity contribution in [2.75, 3.05) is 11.9 Å². The summed E-state index contributed by atoms with van der Waals surface area (Å²) >= 11 is 5.38. The van der Waals surface area contributed by atoms with E-state index in [0.29, 0.717) is 0 Å². The van der Waals surface area contributed by atoms with Gasteiger partial charge in [0.15, 0.2) is 5.82 Å². The summed E-state index contributed by atoms with van der Waals surface area (Å²) in [7, 11) is 0. The van der Waals surface area contributed by atoms with Crippen molar-refractivity contribution in [1.29, 1.82) is 0 Å². The summed E-state index contributed by atoms with van der Waals surface area (Å²) in [5.74, 6) is 1.74. The topological polar surface area (TPSA) is 37.8 Å². The molecule has 0 aliphatic heterocycles. The largest absolute Gasteiger partial charge is 0.369 e. The number of hydrogen-bond donors (Lipinski definition) is 1. The van der Waals surface area contributed by atoms with Gasteiger partial charge >= 0.3 is 0 Å². The van der Waals surface area contributed by atoms with Crippen LogP contribution in [-0.4, -0.2) is 16.5 Å². The summed E-state index contributed by atoms with van der Waals surface area (Å²) < 4.78 is 1.00. The number of aromatic nitrogens is 2. The van der Waals surface area contributed by atoms with Gasteiger partial charge in [0.05, 0.1) is 15.0 Å². The number of aryl methyl sites for hydroxylation is 2. The van der Waals surface area contributed by atoms with E-state index < -0.39 is 0 Å². The molecule has 2 aromatic rings. The van der Waals surface area contributed by atoms with Gasteiger partial charge < -0.3 is 5.32 Å². The molecule has 0 saturated carbocycles. The fraction of sp³-hybridized carbons (Fsp3) is 0.467. The fourth-order valence-electron chi connectivity index (χ4n) is 1.92. The van der Waals surface area contributed by atoms with Crippen molar-refractivity contribution < 1.29 is 0 Å². The van der Waals surface area contributed by atoms with Crippen LogP contribution in [0.2, 0.25) is 0 Å². The molecular weight excluding hydrogens is 334 g/mol. The van der Waals surface area contributed by atoms with Crippen LogP contribution in [0.25, 0.3) is 10.7 Å². The molecule has 3 nitrogen and oxygen atoms in total. The fourth-order valence-corrected chi connectivity index (χ4v) is 3.24. The lowest BCUT2D eigenvalue weighted by Crippen LogP contribution is -2.07. The molecule has 0 spiro atoms. The summed E-state index contributed by atoms with van der Waals surface area (Å²) in [5, 5.41) is 3.39. The lowest BCUT2D eigenvalue weighted by Gasteiger charge is -2.11. The number of thiophene rings is 1. The molecule has 0 radical (unpaired) electrons. The molecule has 1 N–H and O–H groups in total. The molecule has 0 amide bonds. The molecule has 5 heteroatoms. The van der Waals surface area contributed by atoms with E-state index in [9.17, 15) is 0 Å². The third kappa shape index (κ3) is 3.58.